The van der Waals surface area contributed by atoms with E-state index in [1.807, 2.05) is 6.07 Å². The van der Waals surface area contributed by atoms with Gasteiger partial charge in [-0.15, -0.1) is 0 Å². The normalized spacial score (nSPS) is 24.7. The fourth-order valence-electron chi connectivity index (χ4n) is 3.71. The third kappa shape index (κ3) is 1.82. The second kappa shape index (κ2) is 3.97. The quantitative estimate of drug-likeness (QED) is 0.692. The highest BCUT2D eigenvalue weighted by Gasteiger charge is 2.33. The number of hydrogen-bond acceptors (Lipinski definition) is 1. The highest BCUT2D eigenvalue weighted by atomic mass is 19.1. The van der Waals surface area contributed by atoms with E-state index in [0.717, 1.165) is 22.3 Å². The molecule has 0 bridgehead atoms. The third-order valence-electron chi connectivity index (χ3n) is 4.46. The summed E-state index contributed by atoms with van der Waals surface area (Å²) in [6, 6.07) is 5.29. The number of allylic oxidation sites excluding steroid dienone is 4. The van der Waals surface area contributed by atoms with Crippen molar-refractivity contribution in [2.24, 2.45) is 5.92 Å². The Morgan fingerprint density at radius 3 is 2.81 bits per heavy atom. The number of benzene rings is 1. The van der Waals surface area contributed by atoms with Crippen molar-refractivity contribution in [2.75, 3.05) is 0 Å². The lowest BCUT2D eigenvalue weighted by Crippen LogP contribution is -2.43. The Bertz CT molecular complexity index is 775. The van der Waals surface area contributed by atoms with Crippen LogP contribution in [-0.2, 0) is 0 Å². The molecule has 0 radical (unpaired) electrons. The maximum Gasteiger partial charge on any atom is 0.131 e. The molecule has 1 atom stereocenters. The first-order valence-corrected chi connectivity index (χ1v) is 7.36. The minimum atomic E-state index is -0.132. The maximum atomic E-state index is 14.2. The minimum absolute atomic E-state index is 0.0327. The monoisotopic (exact) mass is 279 g/mol. The van der Waals surface area contributed by atoms with Crippen molar-refractivity contribution in [3.8, 4) is 0 Å². The van der Waals surface area contributed by atoms with Crippen LogP contribution in [0.15, 0.2) is 53.3 Å². The Kier molecular flexibility index (Phi) is 2.39. The van der Waals surface area contributed by atoms with Crippen molar-refractivity contribution in [3.05, 3.63) is 70.2 Å². The van der Waals surface area contributed by atoms with Crippen molar-refractivity contribution in [2.45, 2.75) is 26.3 Å². The summed E-state index contributed by atoms with van der Waals surface area (Å²) in [7, 11) is 0. The highest BCUT2D eigenvalue weighted by molar-refractivity contribution is 5.98. The van der Waals surface area contributed by atoms with E-state index in [0.29, 0.717) is 0 Å². The van der Waals surface area contributed by atoms with Crippen LogP contribution in [0.4, 0.5) is 4.39 Å². The van der Waals surface area contributed by atoms with Gasteiger partial charge in [-0.1, -0.05) is 29.9 Å². The summed E-state index contributed by atoms with van der Waals surface area (Å²) in [4.78, 5) is 0. The zero-order valence-corrected chi connectivity index (χ0v) is 12.5. The number of rotatable bonds is 0. The van der Waals surface area contributed by atoms with Gasteiger partial charge in [-0.3, -0.25) is 0 Å². The zero-order valence-electron chi connectivity index (χ0n) is 12.5. The van der Waals surface area contributed by atoms with Gasteiger partial charge in [0.15, 0.2) is 0 Å². The predicted octanol–water partition coefficient (Wildman–Crippen LogP) is 4.45. The molecule has 0 saturated heterocycles. The molecule has 1 heterocycles. The molecule has 1 aromatic carbocycles. The summed E-state index contributed by atoms with van der Waals surface area (Å²) in [5.74, 6) is 0.100. The van der Waals surface area contributed by atoms with Gasteiger partial charge in [0.25, 0.3) is 0 Å². The number of halogens is 1. The Morgan fingerprint density at radius 2 is 2.00 bits per heavy atom. The van der Waals surface area contributed by atoms with Gasteiger partial charge in [0.2, 0.25) is 0 Å². The van der Waals surface area contributed by atoms with Gasteiger partial charge in [0, 0.05) is 22.7 Å². The van der Waals surface area contributed by atoms with Gasteiger partial charge in [-0.2, -0.15) is 0 Å². The van der Waals surface area contributed by atoms with Crippen LogP contribution in [0.2, 0.25) is 0 Å². The number of hydrogen-bond donors (Lipinski definition) is 1. The summed E-state index contributed by atoms with van der Waals surface area (Å²) >= 11 is 0. The van der Waals surface area contributed by atoms with E-state index in [9.17, 15) is 4.39 Å². The van der Waals surface area contributed by atoms with E-state index in [1.54, 1.807) is 12.1 Å². The van der Waals surface area contributed by atoms with Crippen molar-refractivity contribution >= 4 is 11.6 Å². The molecule has 1 unspecified atom stereocenters. The highest BCUT2D eigenvalue weighted by Crippen LogP contribution is 2.45. The second-order valence-electron chi connectivity index (χ2n) is 6.70. The molecular formula is C19H18FN. The Labute approximate surface area is 124 Å². The van der Waals surface area contributed by atoms with Crippen molar-refractivity contribution in [1.29, 1.82) is 0 Å². The first kappa shape index (κ1) is 12.6. The molecule has 1 nitrogen and oxygen atoms in total. The number of fused-ring (bicyclic) bond motifs is 4. The molecule has 0 spiro atoms. The van der Waals surface area contributed by atoms with Crippen LogP contribution in [0.3, 0.4) is 0 Å². The van der Waals surface area contributed by atoms with Crippen molar-refractivity contribution < 1.29 is 4.39 Å². The standard InChI is InChI=1S/C19H18FN/c1-11-10-19(2,3)21-17-8-13-7-12-5-4-6-16(20)18(12)15(13)9-14(11)17/h4-10,14,21H,1-3H3. The van der Waals surface area contributed by atoms with E-state index in [2.05, 4.69) is 50.4 Å². The lowest BCUT2D eigenvalue weighted by molar-refractivity contribution is 0.477. The van der Waals surface area contributed by atoms with Crippen LogP contribution < -0.4 is 5.32 Å². The first-order valence-electron chi connectivity index (χ1n) is 7.36. The topological polar surface area (TPSA) is 12.0 Å². The molecule has 1 aromatic rings. The maximum absolute atomic E-state index is 14.2. The van der Waals surface area contributed by atoms with E-state index < -0.39 is 0 Å². The average Bonchev–Trinajstić information content (AvgIpc) is 2.74. The van der Waals surface area contributed by atoms with Crippen molar-refractivity contribution in [1.82, 2.24) is 5.32 Å². The fourth-order valence-corrected chi connectivity index (χ4v) is 3.71. The zero-order chi connectivity index (χ0) is 14.8. The van der Waals surface area contributed by atoms with Gasteiger partial charge in [0.05, 0.1) is 0 Å². The molecule has 21 heavy (non-hydrogen) atoms. The van der Waals surface area contributed by atoms with Gasteiger partial charge >= 0.3 is 0 Å². The molecular weight excluding hydrogens is 261 g/mol. The first-order chi connectivity index (χ1) is 9.94. The molecule has 0 fully saturated rings. The molecule has 4 rings (SSSR count). The molecule has 0 saturated carbocycles. The molecule has 1 N–H and O–H groups in total. The Balaban J connectivity index is 1.89. The van der Waals surface area contributed by atoms with Crippen LogP contribution in [0.5, 0.6) is 0 Å². The SMILES string of the molecule is CC1=CC(C)(C)NC2=CC3=Cc4cccc(F)c4C3=CC12. The second-order valence-corrected chi connectivity index (χ2v) is 6.70. The lowest BCUT2D eigenvalue weighted by atomic mass is 9.80. The fraction of sp³-hybridized carbons (Fsp3) is 0.263. The van der Waals surface area contributed by atoms with E-state index >= 15 is 0 Å². The molecule has 106 valence electrons. The van der Waals surface area contributed by atoms with Gasteiger partial charge in [0.1, 0.15) is 5.82 Å². The lowest BCUT2D eigenvalue weighted by Gasteiger charge is -2.38. The molecule has 2 aliphatic carbocycles. The third-order valence-corrected chi connectivity index (χ3v) is 4.46. The van der Waals surface area contributed by atoms with E-state index in [-0.39, 0.29) is 17.3 Å². The minimum Gasteiger partial charge on any atom is -0.379 e. The Morgan fingerprint density at radius 1 is 1.19 bits per heavy atom. The van der Waals surface area contributed by atoms with E-state index in [1.165, 1.54) is 11.3 Å². The average molecular weight is 279 g/mol. The van der Waals surface area contributed by atoms with Gasteiger partial charge in [-0.25, -0.2) is 4.39 Å². The van der Waals surface area contributed by atoms with E-state index in [4.69, 9.17) is 0 Å². The predicted molar refractivity (Wildman–Crippen MR) is 84.9 cm³/mol. The summed E-state index contributed by atoms with van der Waals surface area (Å²) in [5, 5.41) is 3.58. The van der Waals surface area contributed by atoms with Crippen LogP contribution in [0, 0.1) is 11.7 Å². The molecule has 0 amide bonds. The summed E-state index contributed by atoms with van der Waals surface area (Å²) in [6.07, 6.45) is 8.72. The summed E-state index contributed by atoms with van der Waals surface area (Å²) in [5.41, 5.74) is 6.37. The largest absolute Gasteiger partial charge is 0.379 e. The number of nitrogens with one attached hydrogen (secondary N) is 1. The Hall–Kier alpha value is -2.09. The van der Waals surface area contributed by atoms with Crippen LogP contribution >= 0.6 is 0 Å². The molecule has 3 aliphatic rings. The van der Waals surface area contributed by atoms with Gasteiger partial charge in [-0.05, 0) is 55.7 Å². The van der Waals surface area contributed by atoms with Crippen molar-refractivity contribution in [3.63, 3.8) is 0 Å². The molecule has 2 heteroatoms. The molecule has 0 aromatic heterocycles. The van der Waals surface area contributed by atoms with Crippen LogP contribution in [-0.4, -0.2) is 5.54 Å². The molecule has 1 aliphatic heterocycles. The van der Waals surface area contributed by atoms with Crippen LogP contribution in [0.1, 0.15) is 31.9 Å². The van der Waals surface area contributed by atoms with Gasteiger partial charge < -0.3 is 5.32 Å². The smallest absolute Gasteiger partial charge is 0.131 e. The van der Waals surface area contributed by atoms with Crippen LogP contribution in [0.25, 0.3) is 11.6 Å². The summed E-state index contributed by atoms with van der Waals surface area (Å²) < 4.78 is 14.2. The summed E-state index contributed by atoms with van der Waals surface area (Å²) in [6.45, 7) is 6.50.